The second kappa shape index (κ2) is 5.40. The number of aryl methyl sites for hydroxylation is 1. The molecule has 0 aliphatic rings. The van der Waals surface area contributed by atoms with Crippen LogP contribution in [-0.4, -0.2) is 16.0 Å². The van der Waals surface area contributed by atoms with Crippen LogP contribution >= 0.6 is 0 Å². The first-order valence-electron chi connectivity index (χ1n) is 5.87. The molecule has 0 aliphatic carbocycles. The van der Waals surface area contributed by atoms with Gasteiger partial charge in [0.15, 0.2) is 5.78 Å². The highest BCUT2D eigenvalue weighted by atomic mass is 16.3. The van der Waals surface area contributed by atoms with Gasteiger partial charge in [0, 0.05) is 11.1 Å². The molecule has 2 aromatic rings. The molecule has 3 heteroatoms. The lowest BCUT2D eigenvalue weighted by molar-refractivity contribution is 0.104. The first-order chi connectivity index (χ1) is 9.06. The molecule has 2 rings (SSSR count). The van der Waals surface area contributed by atoms with Crippen molar-refractivity contribution in [3.8, 4) is 11.5 Å². The number of phenols is 2. The van der Waals surface area contributed by atoms with Crippen LogP contribution in [0.3, 0.4) is 0 Å². The Balaban J connectivity index is 2.21. The molecule has 0 unspecified atom stereocenters. The summed E-state index contributed by atoms with van der Waals surface area (Å²) in [5, 5.41) is 19.0. The van der Waals surface area contributed by atoms with Gasteiger partial charge >= 0.3 is 0 Å². The molecule has 0 saturated heterocycles. The molecular formula is C16H14O3. The van der Waals surface area contributed by atoms with Gasteiger partial charge in [0.05, 0.1) is 0 Å². The maximum atomic E-state index is 11.9. The van der Waals surface area contributed by atoms with Gasteiger partial charge in [-0.05, 0) is 42.8 Å². The van der Waals surface area contributed by atoms with Crippen molar-refractivity contribution in [1.29, 1.82) is 0 Å². The quantitative estimate of drug-likeness (QED) is 0.652. The van der Waals surface area contributed by atoms with Crippen molar-refractivity contribution in [3.63, 3.8) is 0 Å². The van der Waals surface area contributed by atoms with Crippen molar-refractivity contribution in [2.24, 2.45) is 0 Å². The fourth-order valence-electron chi connectivity index (χ4n) is 1.72. The van der Waals surface area contributed by atoms with Gasteiger partial charge in [0.1, 0.15) is 11.5 Å². The molecule has 0 heterocycles. The topological polar surface area (TPSA) is 57.5 Å². The summed E-state index contributed by atoms with van der Waals surface area (Å²) in [4.78, 5) is 11.9. The summed E-state index contributed by atoms with van der Waals surface area (Å²) in [5.74, 6) is -0.0340. The maximum Gasteiger partial charge on any atom is 0.185 e. The second-order valence-electron chi connectivity index (χ2n) is 4.31. The predicted octanol–water partition coefficient (Wildman–Crippen LogP) is 3.30. The number of hydrogen-bond acceptors (Lipinski definition) is 3. The molecule has 0 amide bonds. The summed E-state index contributed by atoms with van der Waals surface area (Å²) in [5.41, 5.74) is 1.94. The molecule has 0 atom stereocenters. The van der Waals surface area contributed by atoms with Gasteiger partial charge in [-0.2, -0.15) is 0 Å². The van der Waals surface area contributed by atoms with Crippen LogP contribution in [-0.2, 0) is 0 Å². The molecule has 2 N–H and O–H groups in total. The molecule has 0 saturated carbocycles. The number of allylic oxidation sites excluding steroid dienone is 1. The van der Waals surface area contributed by atoms with Crippen molar-refractivity contribution in [2.45, 2.75) is 6.92 Å². The van der Waals surface area contributed by atoms with Crippen LogP contribution in [0, 0.1) is 6.92 Å². The van der Waals surface area contributed by atoms with Gasteiger partial charge in [-0.15, -0.1) is 0 Å². The van der Waals surface area contributed by atoms with Gasteiger partial charge in [0.2, 0.25) is 0 Å². The monoisotopic (exact) mass is 254 g/mol. The SMILES string of the molecule is Cc1ccc(/C=C/C(=O)c2cccc(O)c2)c(O)c1. The Bertz CT molecular complexity index is 642. The highest BCUT2D eigenvalue weighted by molar-refractivity contribution is 6.07. The van der Waals surface area contributed by atoms with E-state index in [1.54, 1.807) is 30.3 Å². The third-order valence-electron chi connectivity index (χ3n) is 2.73. The lowest BCUT2D eigenvalue weighted by Crippen LogP contribution is -1.93. The standard InChI is InChI=1S/C16H14O3/c1-11-5-6-12(16(19)9-11)7-8-15(18)13-3-2-4-14(17)10-13/h2-10,17,19H,1H3/b8-7+. The highest BCUT2D eigenvalue weighted by Gasteiger charge is 2.03. The van der Waals surface area contributed by atoms with E-state index >= 15 is 0 Å². The lowest BCUT2D eigenvalue weighted by Gasteiger charge is -2.00. The summed E-state index contributed by atoms with van der Waals surface area (Å²) in [6, 6.07) is 11.4. The fraction of sp³-hybridized carbons (Fsp3) is 0.0625. The van der Waals surface area contributed by atoms with E-state index in [4.69, 9.17) is 0 Å². The average Bonchev–Trinajstić information content (AvgIpc) is 2.37. The number of carbonyl (C=O) groups is 1. The maximum absolute atomic E-state index is 11.9. The van der Waals surface area contributed by atoms with Gasteiger partial charge in [0.25, 0.3) is 0 Å². The molecule has 0 aliphatic heterocycles. The van der Waals surface area contributed by atoms with Crippen molar-refractivity contribution < 1.29 is 15.0 Å². The Morgan fingerprint density at radius 3 is 2.58 bits per heavy atom. The predicted molar refractivity (Wildman–Crippen MR) is 74.3 cm³/mol. The number of benzene rings is 2. The van der Waals surface area contributed by atoms with E-state index in [1.165, 1.54) is 18.2 Å². The molecule has 0 spiro atoms. The van der Waals surface area contributed by atoms with E-state index in [-0.39, 0.29) is 17.3 Å². The highest BCUT2D eigenvalue weighted by Crippen LogP contribution is 2.20. The zero-order chi connectivity index (χ0) is 13.8. The third-order valence-corrected chi connectivity index (χ3v) is 2.73. The van der Waals surface area contributed by atoms with E-state index in [0.717, 1.165) is 5.56 Å². The minimum atomic E-state index is -0.226. The average molecular weight is 254 g/mol. The molecule has 19 heavy (non-hydrogen) atoms. The summed E-state index contributed by atoms with van der Waals surface area (Å²) in [6.45, 7) is 1.88. The number of hydrogen-bond donors (Lipinski definition) is 2. The van der Waals surface area contributed by atoms with Crippen molar-refractivity contribution in [1.82, 2.24) is 0 Å². The molecule has 2 aromatic carbocycles. The van der Waals surface area contributed by atoms with Crippen LogP contribution in [0.25, 0.3) is 6.08 Å². The molecule has 0 bridgehead atoms. The number of aromatic hydroxyl groups is 2. The molecule has 3 nitrogen and oxygen atoms in total. The molecular weight excluding hydrogens is 240 g/mol. The Morgan fingerprint density at radius 1 is 1.11 bits per heavy atom. The molecule has 0 radical (unpaired) electrons. The van der Waals surface area contributed by atoms with E-state index in [2.05, 4.69) is 0 Å². The Kier molecular flexibility index (Phi) is 3.66. The van der Waals surface area contributed by atoms with E-state index in [1.807, 2.05) is 13.0 Å². The van der Waals surface area contributed by atoms with E-state index < -0.39 is 0 Å². The van der Waals surface area contributed by atoms with E-state index in [0.29, 0.717) is 11.1 Å². The number of carbonyl (C=O) groups excluding carboxylic acids is 1. The summed E-state index contributed by atoms with van der Waals surface area (Å²) in [7, 11) is 0. The Morgan fingerprint density at radius 2 is 1.89 bits per heavy atom. The van der Waals surface area contributed by atoms with Gasteiger partial charge in [-0.25, -0.2) is 0 Å². The first-order valence-corrected chi connectivity index (χ1v) is 5.87. The van der Waals surface area contributed by atoms with Gasteiger partial charge < -0.3 is 10.2 Å². The second-order valence-corrected chi connectivity index (χ2v) is 4.31. The summed E-state index contributed by atoms with van der Waals surface area (Å²) >= 11 is 0. The fourth-order valence-corrected chi connectivity index (χ4v) is 1.72. The zero-order valence-electron chi connectivity index (χ0n) is 10.5. The minimum absolute atomic E-state index is 0.0532. The van der Waals surface area contributed by atoms with Crippen LogP contribution in [0.5, 0.6) is 11.5 Å². The number of rotatable bonds is 3. The first kappa shape index (κ1) is 12.9. The van der Waals surface area contributed by atoms with Gasteiger partial charge in [-0.3, -0.25) is 4.79 Å². The van der Waals surface area contributed by atoms with Crippen LogP contribution in [0.1, 0.15) is 21.5 Å². The van der Waals surface area contributed by atoms with Crippen LogP contribution in [0.2, 0.25) is 0 Å². The molecule has 0 fully saturated rings. The third kappa shape index (κ3) is 3.22. The van der Waals surface area contributed by atoms with Gasteiger partial charge in [-0.1, -0.05) is 24.3 Å². The largest absolute Gasteiger partial charge is 0.508 e. The molecule has 96 valence electrons. The summed E-state index contributed by atoms with van der Waals surface area (Å²) in [6.07, 6.45) is 2.93. The minimum Gasteiger partial charge on any atom is -0.508 e. The zero-order valence-corrected chi connectivity index (χ0v) is 10.5. The summed E-state index contributed by atoms with van der Waals surface area (Å²) < 4.78 is 0. The smallest absolute Gasteiger partial charge is 0.185 e. The van der Waals surface area contributed by atoms with Crippen LogP contribution in [0.4, 0.5) is 0 Å². The Hall–Kier alpha value is -2.55. The normalized spacial score (nSPS) is 10.8. The van der Waals surface area contributed by atoms with Crippen molar-refractivity contribution >= 4 is 11.9 Å². The van der Waals surface area contributed by atoms with Crippen molar-refractivity contribution in [3.05, 3.63) is 65.2 Å². The number of phenolic OH excluding ortho intramolecular Hbond substituents is 2. The van der Waals surface area contributed by atoms with Crippen LogP contribution in [0.15, 0.2) is 48.5 Å². The lowest BCUT2D eigenvalue weighted by atomic mass is 10.1. The van der Waals surface area contributed by atoms with Crippen LogP contribution < -0.4 is 0 Å². The van der Waals surface area contributed by atoms with Crippen molar-refractivity contribution in [2.75, 3.05) is 0 Å². The molecule has 0 aromatic heterocycles. The Labute approximate surface area is 111 Å². The van der Waals surface area contributed by atoms with E-state index in [9.17, 15) is 15.0 Å². The number of ketones is 1.